The molecule has 0 saturated carbocycles. The largest absolute Gasteiger partial charge is 0.326 e. The highest BCUT2D eigenvalue weighted by atomic mass is 32.2. The summed E-state index contributed by atoms with van der Waals surface area (Å²) in [6.07, 6.45) is 0. The number of rotatable bonds is 5. The fourth-order valence-corrected chi connectivity index (χ4v) is 3.23. The van der Waals surface area contributed by atoms with Crippen molar-refractivity contribution < 1.29 is 13.6 Å². The first kappa shape index (κ1) is 16.4. The lowest BCUT2D eigenvalue weighted by atomic mass is 10.3. The molecule has 0 spiro atoms. The van der Waals surface area contributed by atoms with Gasteiger partial charge in [-0.25, -0.2) is 4.98 Å². The maximum atomic E-state index is 13.4. The van der Waals surface area contributed by atoms with Gasteiger partial charge < -0.3 is 5.32 Å². The summed E-state index contributed by atoms with van der Waals surface area (Å²) in [5.74, 6) is 0.529. The molecule has 1 amide bonds. The summed E-state index contributed by atoms with van der Waals surface area (Å²) in [7, 11) is 0. The van der Waals surface area contributed by atoms with Crippen LogP contribution in [0.25, 0.3) is 11.0 Å². The summed E-state index contributed by atoms with van der Waals surface area (Å²) >= 11 is 1.42. The number of nitrogens with one attached hydrogen (secondary N) is 1. The zero-order valence-electron chi connectivity index (χ0n) is 12.9. The van der Waals surface area contributed by atoms with Gasteiger partial charge in [0.2, 0.25) is 5.91 Å². The fraction of sp³-hybridized carbons (Fsp3) is 0.176. The highest BCUT2D eigenvalue weighted by Gasteiger charge is 2.17. The van der Waals surface area contributed by atoms with Crippen LogP contribution >= 0.6 is 11.8 Å². The third kappa shape index (κ3) is 3.56. The molecule has 124 valence electrons. The summed E-state index contributed by atoms with van der Waals surface area (Å²) in [6, 6.07) is 14.1. The maximum Gasteiger partial charge on any atom is 0.320 e. The van der Waals surface area contributed by atoms with Gasteiger partial charge in [0, 0.05) is 17.5 Å². The highest BCUT2D eigenvalue weighted by molar-refractivity contribution is 7.98. The first-order chi connectivity index (χ1) is 11.5. The molecular formula is C17H15F2N3OS. The summed E-state index contributed by atoms with van der Waals surface area (Å²) in [6.45, 7) is -1.19. The molecular weight excluding hydrogens is 332 g/mol. The first-order valence-electron chi connectivity index (χ1n) is 7.29. The second-order valence-electron chi connectivity index (χ2n) is 5.16. The van der Waals surface area contributed by atoms with Crippen LogP contribution < -0.4 is 5.32 Å². The molecule has 0 atom stereocenters. The number of carbonyl (C=O) groups excluding carboxylic acids is 1. The van der Waals surface area contributed by atoms with Crippen LogP contribution in [0.3, 0.4) is 0 Å². The minimum atomic E-state index is -2.63. The van der Waals surface area contributed by atoms with E-state index in [9.17, 15) is 13.6 Å². The van der Waals surface area contributed by atoms with Crippen molar-refractivity contribution in [2.45, 2.75) is 24.1 Å². The molecule has 24 heavy (non-hydrogen) atoms. The van der Waals surface area contributed by atoms with Crippen LogP contribution in [-0.2, 0) is 10.5 Å². The number of carbonyl (C=O) groups is 1. The van der Waals surface area contributed by atoms with Gasteiger partial charge in [-0.2, -0.15) is 8.78 Å². The molecule has 0 aliphatic carbocycles. The topological polar surface area (TPSA) is 46.9 Å². The molecule has 0 fully saturated rings. The van der Waals surface area contributed by atoms with Crippen LogP contribution in [-0.4, -0.2) is 15.5 Å². The Morgan fingerprint density at radius 3 is 2.58 bits per heavy atom. The third-order valence-electron chi connectivity index (χ3n) is 3.41. The van der Waals surface area contributed by atoms with E-state index in [2.05, 4.69) is 10.3 Å². The normalized spacial score (nSPS) is 11.2. The van der Waals surface area contributed by atoms with E-state index in [1.165, 1.54) is 18.7 Å². The molecule has 2 aromatic carbocycles. The molecule has 7 heteroatoms. The molecule has 0 unspecified atom stereocenters. The van der Waals surface area contributed by atoms with E-state index >= 15 is 0 Å². The van der Waals surface area contributed by atoms with Gasteiger partial charge in [0.05, 0.1) is 16.8 Å². The zero-order valence-corrected chi connectivity index (χ0v) is 13.7. The monoisotopic (exact) mass is 347 g/mol. The van der Waals surface area contributed by atoms with E-state index in [0.717, 1.165) is 9.46 Å². The number of fused-ring (bicyclic) bond motifs is 1. The Bertz CT molecular complexity index is 862. The van der Waals surface area contributed by atoms with Gasteiger partial charge in [-0.05, 0) is 36.4 Å². The van der Waals surface area contributed by atoms with Crippen molar-refractivity contribution in [1.82, 2.24) is 9.55 Å². The van der Waals surface area contributed by atoms with Crippen molar-refractivity contribution in [3.05, 3.63) is 54.4 Å². The van der Waals surface area contributed by atoms with Gasteiger partial charge in [0.25, 0.3) is 0 Å². The Morgan fingerprint density at radius 2 is 1.92 bits per heavy atom. The van der Waals surface area contributed by atoms with Gasteiger partial charge in [-0.15, -0.1) is 11.8 Å². The Hall–Kier alpha value is -2.41. The van der Waals surface area contributed by atoms with Crippen LogP contribution in [0.1, 0.15) is 19.3 Å². The standard InChI is InChI=1S/C17H15F2N3OS/c1-11(23)20-12-6-8-13(9-7-12)24-10-16-21-14-4-2-3-5-15(14)22(16)17(18)19/h2-9,17H,10H2,1H3,(H,20,23). The Kier molecular flexibility index (Phi) is 4.80. The number of hydrogen-bond donors (Lipinski definition) is 1. The second kappa shape index (κ2) is 7.00. The summed E-state index contributed by atoms with van der Waals surface area (Å²) < 4.78 is 27.7. The van der Waals surface area contributed by atoms with Crippen LogP contribution in [0.2, 0.25) is 0 Å². The molecule has 4 nitrogen and oxygen atoms in total. The van der Waals surface area contributed by atoms with E-state index in [1.807, 2.05) is 12.1 Å². The molecule has 0 aliphatic heterocycles. The lowest BCUT2D eigenvalue weighted by Gasteiger charge is -2.08. The maximum absolute atomic E-state index is 13.4. The van der Waals surface area contributed by atoms with Gasteiger partial charge in [0.1, 0.15) is 5.82 Å². The van der Waals surface area contributed by atoms with E-state index < -0.39 is 6.55 Å². The number of anilines is 1. The number of para-hydroxylation sites is 2. The van der Waals surface area contributed by atoms with E-state index in [0.29, 0.717) is 28.3 Å². The van der Waals surface area contributed by atoms with E-state index in [4.69, 9.17) is 0 Å². The number of halogens is 2. The SMILES string of the molecule is CC(=O)Nc1ccc(SCc2nc3ccccc3n2C(F)F)cc1. The van der Waals surface area contributed by atoms with Gasteiger partial charge in [-0.1, -0.05) is 12.1 Å². The summed E-state index contributed by atoms with van der Waals surface area (Å²) in [5.41, 5.74) is 1.70. The lowest BCUT2D eigenvalue weighted by molar-refractivity contribution is -0.114. The number of alkyl halides is 2. The number of amides is 1. The molecule has 1 aromatic heterocycles. The number of thioether (sulfide) groups is 1. The average molecular weight is 347 g/mol. The van der Waals surface area contributed by atoms with E-state index in [1.54, 1.807) is 36.4 Å². The van der Waals surface area contributed by atoms with Crippen LogP contribution in [0.15, 0.2) is 53.4 Å². The summed E-state index contributed by atoms with van der Waals surface area (Å²) in [4.78, 5) is 16.2. The van der Waals surface area contributed by atoms with Crippen molar-refractivity contribution in [3.63, 3.8) is 0 Å². The zero-order chi connectivity index (χ0) is 17.1. The number of imidazole rings is 1. The minimum absolute atomic E-state index is 0.138. The minimum Gasteiger partial charge on any atom is -0.326 e. The molecule has 0 bridgehead atoms. The van der Waals surface area contributed by atoms with Gasteiger partial charge >= 0.3 is 6.55 Å². The highest BCUT2D eigenvalue weighted by Crippen LogP contribution is 2.29. The van der Waals surface area contributed by atoms with Crippen molar-refractivity contribution in [3.8, 4) is 0 Å². The lowest BCUT2D eigenvalue weighted by Crippen LogP contribution is -2.05. The average Bonchev–Trinajstić information content (AvgIpc) is 2.92. The number of benzene rings is 2. The Balaban J connectivity index is 1.78. The molecule has 0 aliphatic rings. The van der Waals surface area contributed by atoms with Crippen molar-refractivity contribution in [2.24, 2.45) is 0 Å². The smallest absolute Gasteiger partial charge is 0.320 e. The van der Waals surface area contributed by atoms with Crippen molar-refractivity contribution >= 4 is 34.4 Å². The van der Waals surface area contributed by atoms with Crippen molar-refractivity contribution in [2.75, 3.05) is 5.32 Å². The van der Waals surface area contributed by atoms with Crippen LogP contribution in [0.5, 0.6) is 0 Å². The molecule has 0 radical (unpaired) electrons. The van der Waals surface area contributed by atoms with Gasteiger partial charge in [0.15, 0.2) is 0 Å². The van der Waals surface area contributed by atoms with Crippen molar-refractivity contribution in [1.29, 1.82) is 0 Å². The molecule has 1 N–H and O–H groups in total. The van der Waals surface area contributed by atoms with E-state index in [-0.39, 0.29) is 5.91 Å². The second-order valence-corrected chi connectivity index (χ2v) is 6.21. The number of aromatic nitrogens is 2. The molecule has 1 heterocycles. The third-order valence-corrected chi connectivity index (χ3v) is 4.41. The molecule has 3 aromatic rings. The van der Waals surface area contributed by atoms with Crippen LogP contribution in [0.4, 0.5) is 14.5 Å². The summed E-state index contributed by atoms with van der Waals surface area (Å²) in [5, 5.41) is 2.68. The molecule has 0 saturated heterocycles. The fourth-order valence-electron chi connectivity index (χ4n) is 2.40. The number of hydrogen-bond acceptors (Lipinski definition) is 3. The quantitative estimate of drug-likeness (QED) is 0.682. The predicted molar refractivity (Wildman–Crippen MR) is 91.3 cm³/mol. The van der Waals surface area contributed by atoms with Crippen LogP contribution in [0, 0.1) is 0 Å². The van der Waals surface area contributed by atoms with Gasteiger partial charge in [-0.3, -0.25) is 9.36 Å². The number of nitrogens with zero attached hydrogens (tertiary/aromatic N) is 2. The Labute approximate surface area is 141 Å². The Morgan fingerprint density at radius 1 is 1.21 bits per heavy atom. The molecule has 3 rings (SSSR count). The first-order valence-corrected chi connectivity index (χ1v) is 8.27. The predicted octanol–water partition coefficient (Wildman–Crippen LogP) is 4.68.